The quantitative estimate of drug-likeness (QED) is 0.327. The van der Waals surface area contributed by atoms with E-state index in [4.69, 9.17) is 9.73 Å². The Hall–Kier alpha value is -0.870. The summed E-state index contributed by atoms with van der Waals surface area (Å²) in [5, 5.41) is 5.73. The molecule has 2 saturated heterocycles. The first-order chi connectivity index (χ1) is 15.2. The van der Waals surface area contributed by atoms with Crippen molar-refractivity contribution in [3.8, 4) is 0 Å². The van der Waals surface area contributed by atoms with Crippen LogP contribution in [-0.4, -0.2) is 74.1 Å². The van der Waals surface area contributed by atoms with Gasteiger partial charge in [-0.05, 0) is 44.1 Å². The van der Waals surface area contributed by atoms with Gasteiger partial charge in [-0.1, -0.05) is 25.3 Å². The fraction of sp³-hybridized carbons (Fsp3) is 0.750. The predicted octanol–water partition coefficient (Wildman–Crippen LogP) is 4.10. The topological polar surface area (TPSA) is 57.2 Å². The number of rotatable bonds is 5. The Bertz CT molecular complexity index is 722. The van der Waals surface area contributed by atoms with Crippen LogP contribution in [0.25, 0.3) is 0 Å². The number of ether oxygens (including phenoxy) is 1. The highest BCUT2D eigenvalue weighted by molar-refractivity contribution is 14.0. The van der Waals surface area contributed by atoms with Crippen molar-refractivity contribution in [2.24, 2.45) is 10.9 Å². The first-order valence-corrected chi connectivity index (χ1v) is 13.0. The molecular weight excluding hydrogens is 535 g/mol. The molecule has 8 heteroatoms. The van der Waals surface area contributed by atoms with Gasteiger partial charge in [0.2, 0.25) is 5.91 Å². The average Bonchev–Trinajstić information content (AvgIpc) is 3.38. The molecule has 4 rings (SSSR count). The van der Waals surface area contributed by atoms with Gasteiger partial charge in [-0.15, -0.1) is 35.3 Å². The molecule has 0 spiro atoms. The van der Waals surface area contributed by atoms with E-state index < -0.39 is 0 Å². The summed E-state index contributed by atoms with van der Waals surface area (Å²) < 4.78 is 5.40. The molecule has 1 saturated carbocycles. The Kier molecular flexibility index (Phi) is 10.1. The molecule has 1 N–H and O–H groups in total. The number of carbonyl (C=O) groups is 1. The third kappa shape index (κ3) is 6.17. The van der Waals surface area contributed by atoms with E-state index >= 15 is 0 Å². The Balaban J connectivity index is 0.00000289. The van der Waals surface area contributed by atoms with E-state index in [1.54, 1.807) is 0 Å². The van der Waals surface area contributed by atoms with Gasteiger partial charge in [0, 0.05) is 48.9 Å². The van der Waals surface area contributed by atoms with Gasteiger partial charge in [-0.2, -0.15) is 0 Å². The number of likely N-dealkylation sites (tertiary alicyclic amines) is 1. The molecular formula is C24H39IN4O2S. The minimum absolute atomic E-state index is 0. The Labute approximate surface area is 214 Å². The van der Waals surface area contributed by atoms with Gasteiger partial charge in [-0.3, -0.25) is 9.79 Å². The number of morpholine rings is 1. The number of thiophene rings is 1. The van der Waals surface area contributed by atoms with Crippen LogP contribution < -0.4 is 5.32 Å². The zero-order chi connectivity index (χ0) is 21.5. The van der Waals surface area contributed by atoms with Crippen LogP contribution in [0.15, 0.2) is 22.5 Å². The predicted molar refractivity (Wildman–Crippen MR) is 142 cm³/mol. The van der Waals surface area contributed by atoms with Crippen molar-refractivity contribution < 1.29 is 9.53 Å². The third-order valence-electron chi connectivity index (χ3n) is 7.19. The lowest BCUT2D eigenvalue weighted by molar-refractivity contribution is -0.140. The normalized spacial score (nSPS) is 22.3. The second-order valence-corrected chi connectivity index (χ2v) is 10.1. The maximum atomic E-state index is 12.9. The summed E-state index contributed by atoms with van der Waals surface area (Å²) in [6.07, 6.45) is 8.27. The highest BCUT2D eigenvalue weighted by atomic mass is 127. The van der Waals surface area contributed by atoms with E-state index in [1.807, 2.05) is 16.2 Å². The van der Waals surface area contributed by atoms with Crippen molar-refractivity contribution in [3.63, 3.8) is 0 Å². The van der Waals surface area contributed by atoms with Gasteiger partial charge < -0.3 is 19.9 Å². The third-order valence-corrected chi connectivity index (χ3v) is 8.30. The smallest absolute Gasteiger partial charge is 0.225 e. The Morgan fingerprint density at radius 3 is 2.50 bits per heavy atom. The standard InChI is InChI=1S/C24H38N4O2S.HI/c1-2-25-23(26-19-24(10-4-3-5-11-24)21-7-6-18-31-21)28-12-8-20(9-13-28)22(29)27-14-16-30-17-15-27;/h6-7,18,20H,2-5,8-17,19H2,1H3,(H,25,26);1H. The minimum Gasteiger partial charge on any atom is -0.378 e. The molecule has 1 amide bonds. The summed E-state index contributed by atoms with van der Waals surface area (Å²) in [5.74, 6) is 1.50. The number of piperidine rings is 1. The zero-order valence-electron chi connectivity index (χ0n) is 19.4. The summed E-state index contributed by atoms with van der Waals surface area (Å²) in [7, 11) is 0. The summed E-state index contributed by atoms with van der Waals surface area (Å²) in [5.41, 5.74) is 0.206. The SMILES string of the molecule is CCNC(=NCC1(c2cccs2)CCCCC1)N1CCC(C(=O)N2CCOCC2)CC1.I. The molecule has 3 fully saturated rings. The number of nitrogens with one attached hydrogen (secondary N) is 1. The van der Waals surface area contributed by atoms with Crippen LogP contribution in [0.3, 0.4) is 0 Å². The van der Waals surface area contributed by atoms with E-state index in [2.05, 4.69) is 34.7 Å². The average molecular weight is 575 g/mol. The summed E-state index contributed by atoms with van der Waals surface area (Å²) in [6, 6.07) is 4.49. The van der Waals surface area contributed by atoms with Gasteiger partial charge in [0.25, 0.3) is 0 Å². The molecule has 1 aromatic rings. The lowest BCUT2D eigenvalue weighted by Crippen LogP contribution is -2.50. The largest absolute Gasteiger partial charge is 0.378 e. The Morgan fingerprint density at radius 1 is 1.16 bits per heavy atom. The van der Waals surface area contributed by atoms with Crippen LogP contribution in [0.4, 0.5) is 0 Å². The highest BCUT2D eigenvalue weighted by Crippen LogP contribution is 2.41. The zero-order valence-corrected chi connectivity index (χ0v) is 22.5. The second kappa shape index (κ2) is 12.6. The summed E-state index contributed by atoms with van der Waals surface area (Å²) >= 11 is 1.89. The number of amides is 1. The molecule has 0 aromatic carbocycles. The number of hydrogen-bond acceptors (Lipinski definition) is 4. The monoisotopic (exact) mass is 574 g/mol. The molecule has 180 valence electrons. The molecule has 6 nitrogen and oxygen atoms in total. The number of hydrogen-bond donors (Lipinski definition) is 1. The van der Waals surface area contributed by atoms with Crippen molar-refractivity contribution >= 4 is 47.2 Å². The molecule has 3 heterocycles. The van der Waals surface area contributed by atoms with Crippen LogP contribution in [0, 0.1) is 5.92 Å². The lowest BCUT2D eigenvalue weighted by atomic mass is 9.73. The van der Waals surface area contributed by atoms with Crippen molar-refractivity contribution in [3.05, 3.63) is 22.4 Å². The van der Waals surface area contributed by atoms with E-state index in [1.165, 1.54) is 37.0 Å². The van der Waals surface area contributed by atoms with Gasteiger partial charge >= 0.3 is 0 Å². The van der Waals surface area contributed by atoms with Crippen LogP contribution in [0.1, 0.15) is 56.7 Å². The van der Waals surface area contributed by atoms with Gasteiger partial charge in [0.1, 0.15) is 0 Å². The molecule has 0 unspecified atom stereocenters. The molecule has 1 aliphatic carbocycles. The maximum Gasteiger partial charge on any atom is 0.225 e. The van der Waals surface area contributed by atoms with E-state index in [0.717, 1.165) is 58.1 Å². The van der Waals surface area contributed by atoms with Crippen molar-refractivity contribution in [1.29, 1.82) is 0 Å². The lowest BCUT2D eigenvalue weighted by Gasteiger charge is -2.38. The summed E-state index contributed by atoms with van der Waals surface area (Å²) in [4.78, 5) is 23.9. The van der Waals surface area contributed by atoms with Crippen LogP contribution in [0.2, 0.25) is 0 Å². The number of nitrogens with zero attached hydrogens (tertiary/aromatic N) is 3. The molecule has 3 aliphatic rings. The van der Waals surface area contributed by atoms with E-state index in [0.29, 0.717) is 19.1 Å². The van der Waals surface area contributed by atoms with Crippen LogP contribution in [-0.2, 0) is 14.9 Å². The molecule has 0 bridgehead atoms. The van der Waals surface area contributed by atoms with E-state index in [9.17, 15) is 4.79 Å². The molecule has 0 radical (unpaired) electrons. The number of carbonyl (C=O) groups excluding carboxylic acids is 1. The minimum atomic E-state index is 0. The number of halogens is 1. The fourth-order valence-electron chi connectivity index (χ4n) is 5.32. The summed E-state index contributed by atoms with van der Waals surface area (Å²) in [6.45, 7) is 8.51. The molecule has 0 atom stereocenters. The maximum absolute atomic E-state index is 12.9. The van der Waals surface area contributed by atoms with Crippen LogP contribution in [0.5, 0.6) is 0 Å². The number of aliphatic imine (C=N–C) groups is 1. The van der Waals surface area contributed by atoms with Crippen molar-refractivity contribution in [2.75, 3.05) is 52.5 Å². The fourth-order valence-corrected chi connectivity index (χ4v) is 6.30. The Morgan fingerprint density at radius 2 is 1.88 bits per heavy atom. The molecule has 1 aromatic heterocycles. The highest BCUT2D eigenvalue weighted by Gasteiger charge is 2.35. The first kappa shape index (κ1) is 25.7. The van der Waals surface area contributed by atoms with Gasteiger partial charge in [0.15, 0.2) is 5.96 Å². The first-order valence-electron chi connectivity index (χ1n) is 12.2. The van der Waals surface area contributed by atoms with E-state index in [-0.39, 0.29) is 35.3 Å². The second-order valence-electron chi connectivity index (χ2n) is 9.19. The molecule has 2 aliphatic heterocycles. The van der Waals surface area contributed by atoms with Crippen LogP contribution >= 0.6 is 35.3 Å². The number of guanidine groups is 1. The van der Waals surface area contributed by atoms with Gasteiger partial charge in [0.05, 0.1) is 19.8 Å². The molecule has 32 heavy (non-hydrogen) atoms. The van der Waals surface area contributed by atoms with Gasteiger partial charge in [-0.25, -0.2) is 0 Å². The van der Waals surface area contributed by atoms with Crippen molar-refractivity contribution in [1.82, 2.24) is 15.1 Å². The van der Waals surface area contributed by atoms with Crippen molar-refractivity contribution in [2.45, 2.75) is 57.3 Å².